The number of benzene rings is 1. The van der Waals surface area contributed by atoms with E-state index in [-0.39, 0.29) is 41.6 Å². The van der Waals surface area contributed by atoms with Gasteiger partial charge in [0.1, 0.15) is 23.2 Å². The van der Waals surface area contributed by atoms with E-state index in [4.69, 9.17) is 9.97 Å². The molecule has 4 aliphatic heterocycles. The highest BCUT2D eigenvalue weighted by molar-refractivity contribution is 6.06. The van der Waals surface area contributed by atoms with Gasteiger partial charge in [-0.1, -0.05) is 18.9 Å². The minimum Gasteiger partial charge on any atom is -0.368 e. The number of imide groups is 1. The van der Waals surface area contributed by atoms with Crippen molar-refractivity contribution in [3.8, 4) is 0 Å². The molecule has 3 saturated heterocycles. The number of carbonyl (C=O) groups excluding carboxylic acids is 4. The minimum atomic E-state index is -0.601. The molecule has 7 heterocycles. The van der Waals surface area contributed by atoms with Crippen molar-refractivity contribution in [2.24, 2.45) is 5.92 Å². The molecule has 4 amide bonds. The monoisotopic (exact) mass is 785 g/mol. The Hall–Kier alpha value is -5.57. The van der Waals surface area contributed by atoms with E-state index < -0.39 is 6.04 Å². The zero-order valence-corrected chi connectivity index (χ0v) is 33.3. The molecule has 15 nitrogen and oxygen atoms in total. The Labute approximate surface area is 337 Å². The number of pyridine rings is 1. The molecule has 0 radical (unpaired) electrons. The lowest BCUT2D eigenvalue weighted by Crippen LogP contribution is -2.68. The fourth-order valence-corrected chi connectivity index (χ4v) is 10.6. The van der Waals surface area contributed by atoms with Gasteiger partial charge in [-0.25, -0.2) is 9.97 Å². The normalized spacial score (nSPS) is 24.9. The van der Waals surface area contributed by atoms with Gasteiger partial charge in [-0.3, -0.25) is 29.4 Å². The van der Waals surface area contributed by atoms with Gasteiger partial charge in [0.25, 0.3) is 11.8 Å². The molecule has 2 N–H and O–H groups in total. The number of amides is 4. The van der Waals surface area contributed by atoms with Crippen LogP contribution in [0.3, 0.4) is 0 Å². The van der Waals surface area contributed by atoms with Crippen molar-refractivity contribution in [1.29, 1.82) is 0 Å². The molecule has 10 rings (SSSR count). The minimum absolute atomic E-state index is 0.0233. The predicted molar refractivity (Wildman–Crippen MR) is 219 cm³/mol. The zero-order valence-electron chi connectivity index (χ0n) is 33.3. The van der Waals surface area contributed by atoms with E-state index in [0.717, 1.165) is 112 Å². The van der Waals surface area contributed by atoms with Crippen LogP contribution in [0.25, 0.3) is 11.0 Å². The van der Waals surface area contributed by atoms with Gasteiger partial charge in [-0.15, -0.1) is 0 Å². The Morgan fingerprint density at radius 2 is 1.78 bits per heavy atom. The number of aromatic nitrogens is 4. The summed E-state index contributed by atoms with van der Waals surface area (Å²) in [5, 5.41) is 6.57. The fourth-order valence-electron chi connectivity index (χ4n) is 10.6. The molecule has 6 aliphatic rings. The zero-order chi connectivity index (χ0) is 39.7. The van der Waals surface area contributed by atoms with Crippen molar-refractivity contribution in [3.63, 3.8) is 0 Å². The Morgan fingerprint density at radius 3 is 2.48 bits per heavy atom. The van der Waals surface area contributed by atoms with Crippen LogP contribution in [-0.4, -0.2) is 123 Å². The largest absolute Gasteiger partial charge is 0.368 e. The summed E-state index contributed by atoms with van der Waals surface area (Å²) in [6, 6.07) is 11.7. The second-order valence-electron chi connectivity index (χ2n) is 17.4. The third-order valence-electron chi connectivity index (χ3n) is 13.7. The molecular formula is C43H51N11O4. The summed E-state index contributed by atoms with van der Waals surface area (Å²) >= 11 is 0. The highest BCUT2D eigenvalue weighted by atomic mass is 16.2. The third kappa shape index (κ3) is 6.34. The summed E-state index contributed by atoms with van der Waals surface area (Å²) in [6.07, 6.45) is 12.2. The molecule has 5 fully saturated rings. The second kappa shape index (κ2) is 14.4. The number of rotatable bonds is 9. The lowest BCUT2D eigenvalue weighted by Gasteiger charge is -2.63. The topological polar surface area (TPSA) is 152 Å². The first-order valence-corrected chi connectivity index (χ1v) is 21.0. The van der Waals surface area contributed by atoms with Crippen LogP contribution in [0.4, 0.5) is 23.1 Å². The second-order valence-corrected chi connectivity index (χ2v) is 17.4. The highest BCUT2D eigenvalue weighted by Gasteiger charge is 2.55. The summed E-state index contributed by atoms with van der Waals surface area (Å²) < 4.78 is 2.12. The van der Waals surface area contributed by atoms with E-state index in [1.165, 1.54) is 0 Å². The van der Waals surface area contributed by atoms with Gasteiger partial charge in [-0.2, -0.15) is 4.98 Å². The number of piperazine rings is 1. The van der Waals surface area contributed by atoms with Gasteiger partial charge in [0.05, 0.1) is 11.9 Å². The molecule has 1 atom stereocenters. The lowest BCUT2D eigenvalue weighted by atomic mass is 9.61. The van der Waals surface area contributed by atoms with Crippen LogP contribution in [0.2, 0.25) is 0 Å². The number of anilines is 4. The Bertz CT molecular complexity index is 2290. The summed E-state index contributed by atoms with van der Waals surface area (Å²) in [4.78, 5) is 75.9. The molecule has 0 unspecified atom stereocenters. The molecule has 15 heteroatoms. The van der Waals surface area contributed by atoms with Crippen LogP contribution in [0.15, 0.2) is 48.8 Å². The van der Waals surface area contributed by atoms with Crippen molar-refractivity contribution < 1.29 is 19.2 Å². The van der Waals surface area contributed by atoms with Crippen molar-refractivity contribution in [2.75, 3.05) is 68.5 Å². The molecule has 1 spiro atoms. The van der Waals surface area contributed by atoms with Crippen LogP contribution >= 0.6 is 0 Å². The van der Waals surface area contributed by atoms with Gasteiger partial charge in [0, 0.05) is 106 Å². The fraction of sp³-hybridized carbons (Fsp3) is 0.512. The summed E-state index contributed by atoms with van der Waals surface area (Å²) in [7, 11) is 3.57. The van der Waals surface area contributed by atoms with Crippen molar-refractivity contribution in [3.05, 3.63) is 65.6 Å². The number of carbonyl (C=O) groups is 4. The van der Waals surface area contributed by atoms with E-state index in [0.29, 0.717) is 41.9 Å². The van der Waals surface area contributed by atoms with Crippen LogP contribution in [-0.2, 0) is 16.1 Å². The molecule has 58 heavy (non-hydrogen) atoms. The van der Waals surface area contributed by atoms with Crippen molar-refractivity contribution >= 4 is 57.8 Å². The molecule has 2 aliphatic carbocycles. The molecule has 3 aromatic heterocycles. The average Bonchev–Trinajstić information content (AvgIpc) is 3.94. The van der Waals surface area contributed by atoms with Crippen LogP contribution in [0, 0.1) is 5.92 Å². The SMILES string of the molecule is CN(C)C(=O)c1cc2cnc(Nc3ccc(N4CCN(CC5CC6(CCN6c6cccc7c6CN([C@H]6CCC(=O)NC6=O)C7=O)C5)CC4)cn3)nc2n1C1CCCC1. The average molecular weight is 786 g/mol. The van der Waals surface area contributed by atoms with Crippen molar-refractivity contribution in [1.82, 2.24) is 39.5 Å². The predicted octanol–water partition coefficient (Wildman–Crippen LogP) is 4.33. The van der Waals surface area contributed by atoms with Gasteiger partial charge >= 0.3 is 0 Å². The Morgan fingerprint density at radius 1 is 0.966 bits per heavy atom. The number of nitrogens with one attached hydrogen (secondary N) is 2. The van der Waals surface area contributed by atoms with E-state index >= 15 is 0 Å². The summed E-state index contributed by atoms with van der Waals surface area (Å²) in [5.74, 6) is 1.00. The van der Waals surface area contributed by atoms with Crippen LogP contribution < -0.4 is 20.4 Å². The smallest absolute Gasteiger partial charge is 0.270 e. The molecule has 2 saturated carbocycles. The maximum atomic E-state index is 13.4. The molecule has 4 aromatic rings. The quantitative estimate of drug-likeness (QED) is 0.234. The van der Waals surface area contributed by atoms with Crippen LogP contribution in [0.1, 0.15) is 90.2 Å². The molecule has 0 bridgehead atoms. The highest BCUT2D eigenvalue weighted by Crippen LogP contribution is 2.54. The van der Waals surface area contributed by atoms with Gasteiger partial charge < -0.3 is 29.5 Å². The van der Waals surface area contributed by atoms with Gasteiger partial charge in [0.2, 0.25) is 17.8 Å². The van der Waals surface area contributed by atoms with E-state index in [1.807, 2.05) is 30.5 Å². The lowest BCUT2D eigenvalue weighted by molar-refractivity contribution is -0.136. The Balaban J connectivity index is 0.729. The van der Waals surface area contributed by atoms with Crippen LogP contribution in [0.5, 0.6) is 0 Å². The number of piperidine rings is 1. The first-order valence-electron chi connectivity index (χ1n) is 21.0. The number of hydrogen-bond acceptors (Lipinski definition) is 11. The van der Waals surface area contributed by atoms with E-state index in [9.17, 15) is 19.2 Å². The number of nitrogens with zero attached hydrogens (tertiary/aromatic N) is 9. The first-order chi connectivity index (χ1) is 28.1. The number of hydrogen-bond donors (Lipinski definition) is 2. The maximum absolute atomic E-state index is 13.4. The maximum Gasteiger partial charge on any atom is 0.270 e. The standard InChI is InChI=1S/C43H51N11O4/c1-49(2)41(58)35-20-28-23-45-42(48-38(28)54(35)29-6-3-4-7-29)46-36-12-10-30(24-44-36)51-18-16-50(17-19-51)25-27-21-43(22-27)14-15-53(43)33-9-5-8-31-32(33)26-52(40(31)57)34-11-13-37(55)47-39(34)56/h5,8-10,12,20,23-24,27,29,34H,3-4,6-7,11,13-19,21-22,25-26H2,1-2H3,(H,47,55,56)(H,44,45,46,48)/t27?,34-,43?/m0/s1. The first kappa shape index (κ1) is 36.7. The molecule has 302 valence electrons. The third-order valence-corrected chi connectivity index (χ3v) is 13.7. The van der Waals surface area contributed by atoms with Gasteiger partial charge in [0.15, 0.2) is 0 Å². The van der Waals surface area contributed by atoms with E-state index in [2.05, 4.69) is 47.0 Å². The number of fused-ring (bicyclic) bond motifs is 2. The Kier molecular flexibility index (Phi) is 9.10. The molecular weight excluding hydrogens is 735 g/mol. The molecule has 1 aromatic carbocycles. The summed E-state index contributed by atoms with van der Waals surface area (Å²) in [5.41, 5.74) is 5.52. The van der Waals surface area contributed by atoms with Gasteiger partial charge in [-0.05, 0) is 74.8 Å². The van der Waals surface area contributed by atoms with Crippen molar-refractivity contribution in [2.45, 2.75) is 82.0 Å². The summed E-state index contributed by atoms with van der Waals surface area (Å²) in [6.45, 7) is 6.38. The van der Waals surface area contributed by atoms with E-state index in [1.54, 1.807) is 30.1 Å².